The second-order valence-electron chi connectivity index (χ2n) is 8.70. The van der Waals surface area contributed by atoms with Crippen LogP contribution < -0.4 is 15.0 Å². The maximum Gasteiger partial charge on any atom is 0.325 e. The van der Waals surface area contributed by atoms with Crippen molar-refractivity contribution in [2.45, 2.75) is 31.7 Å². The van der Waals surface area contributed by atoms with Gasteiger partial charge in [-0.05, 0) is 48.9 Å². The van der Waals surface area contributed by atoms with E-state index in [4.69, 9.17) is 16.3 Å². The van der Waals surface area contributed by atoms with Gasteiger partial charge in [0, 0.05) is 36.2 Å². The Morgan fingerprint density at radius 3 is 2.73 bits per heavy atom. The van der Waals surface area contributed by atoms with E-state index in [0.29, 0.717) is 35.0 Å². The zero-order valence-corrected chi connectivity index (χ0v) is 19.2. The third kappa shape index (κ3) is 3.91. The lowest BCUT2D eigenvalue weighted by Crippen LogP contribution is -2.65. The van der Waals surface area contributed by atoms with E-state index < -0.39 is 5.72 Å². The zero-order chi connectivity index (χ0) is 23.2. The van der Waals surface area contributed by atoms with Crippen LogP contribution in [0.3, 0.4) is 0 Å². The number of halogens is 1. The van der Waals surface area contributed by atoms with Crippen molar-refractivity contribution in [1.29, 1.82) is 0 Å². The molecule has 5 rings (SSSR count). The Hall–Kier alpha value is -3.51. The molecular weight excluding hydrogens is 438 g/mol. The van der Waals surface area contributed by atoms with Crippen molar-refractivity contribution < 1.29 is 14.3 Å². The first kappa shape index (κ1) is 21.3. The van der Waals surface area contributed by atoms with Gasteiger partial charge in [0.1, 0.15) is 5.75 Å². The molecular formula is C26H24ClN3O3. The molecule has 3 aromatic rings. The highest BCUT2D eigenvalue weighted by Gasteiger charge is 2.50. The summed E-state index contributed by atoms with van der Waals surface area (Å²) in [7, 11) is 1.77. The Morgan fingerprint density at radius 1 is 1.15 bits per heavy atom. The van der Waals surface area contributed by atoms with Crippen LogP contribution in [0.4, 0.5) is 10.5 Å². The van der Waals surface area contributed by atoms with Gasteiger partial charge in [-0.2, -0.15) is 0 Å². The molecule has 33 heavy (non-hydrogen) atoms. The first-order chi connectivity index (χ1) is 15.8. The SMILES string of the molecule is CN(Cc1ccccc1)C(=O)c1cccc(N2C(=O)NC3CC2(C)Oc2ccc(Cl)cc23)c1. The highest BCUT2D eigenvalue weighted by molar-refractivity contribution is 6.30. The molecule has 2 atom stereocenters. The number of amides is 3. The average molecular weight is 462 g/mol. The molecule has 0 saturated carbocycles. The fourth-order valence-electron chi connectivity index (χ4n) is 4.66. The van der Waals surface area contributed by atoms with Gasteiger partial charge in [-0.3, -0.25) is 9.69 Å². The fourth-order valence-corrected chi connectivity index (χ4v) is 4.84. The van der Waals surface area contributed by atoms with Crippen molar-refractivity contribution in [1.82, 2.24) is 10.2 Å². The summed E-state index contributed by atoms with van der Waals surface area (Å²) >= 11 is 6.16. The van der Waals surface area contributed by atoms with E-state index in [1.807, 2.05) is 55.5 Å². The van der Waals surface area contributed by atoms with E-state index >= 15 is 0 Å². The molecule has 168 valence electrons. The second-order valence-corrected chi connectivity index (χ2v) is 9.13. The van der Waals surface area contributed by atoms with Gasteiger partial charge in [0.15, 0.2) is 5.72 Å². The molecule has 0 spiro atoms. The van der Waals surface area contributed by atoms with Crippen molar-refractivity contribution in [3.8, 4) is 5.75 Å². The number of urea groups is 1. The minimum absolute atomic E-state index is 0.120. The van der Waals surface area contributed by atoms with Crippen LogP contribution in [0.2, 0.25) is 5.02 Å². The molecule has 2 unspecified atom stereocenters. The third-order valence-corrected chi connectivity index (χ3v) is 6.43. The number of carbonyl (C=O) groups is 2. The summed E-state index contributed by atoms with van der Waals surface area (Å²) in [6, 6.07) is 21.9. The normalized spacial score (nSPS) is 21.0. The third-order valence-electron chi connectivity index (χ3n) is 6.19. The number of ether oxygens (including phenoxy) is 1. The lowest BCUT2D eigenvalue weighted by atomic mass is 9.90. The number of hydrogen-bond acceptors (Lipinski definition) is 3. The van der Waals surface area contributed by atoms with Crippen LogP contribution in [-0.2, 0) is 6.54 Å². The van der Waals surface area contributed by atoms with Gasteiger partial charge in [0.05, 0.1) is 11.7 Å². The molecule has 0 aliphatic carbocycles. The predicted octanol–water partition coefficient (Wildman–Crippen LogP) is 5.38. The van der Waals surface area contributed by atoms with Gasteiger partial charge < -0.3 is 15.0 Å². The Kier molecular flexibility index (Phi) is 5.25. The average Bonchev–Trinajstić information content (AvgIpc) is 2.79. The molecule has 1 fully saturated rings. The maximum atomic E-state index is 13.2. The summed E-state index contributed by atoms with van der Waals surface area (Å²) in [4.78, 5) is 29.5. The molecule has 2 aliphatic rings. The molecule has 3 aromatic carbocycles. The Morgan fingerprint density at radius 2 is 1.94 bits per heavy atom. The Labute approximate surface area is 197 Å². The largest absolute Gasteiger partial charge is 0.467 e. The minimum atomic E-state index is -0.897. The number of hydrogen-bond donors (Lipinski definition) is 1. The molecule has 7 heteroatoms. The van der Waals surface area contributed by atoms with Gasteiger partial charge in [-0.1, -0.05) is 48.0 Å². The number of benzene rings is 3. The van der Waals surface area contributed by atoms with Crippen LogP contribution >= 0.6 is 11.6 Å². The predicted molar refractivity (Wildman–Crippen MR) is 128 cm³/mol. The van der Waals surface area contributed by atoms with Crippen molar-refractivity contribution >= 4 is 29.2 Å². The van der Waals surface area contributed by atoms with Gasteiger partial charge in [-0.15, -0.1) is 0 Å². The van der Waals surface area contributed by atoms with Crippen LogP contribution in [0.15, 0.2) is 72.8 Å². The van der Waals surface area contributed by atoms with Gasteiger partial charge in [-0.25, -0.2) is 4.79 Å². The lowest BCUT2D eigenvalue weighted by molar-refractivity contribution is 0.0378. The quantitative estimate of drug-likeness (QED) is 0.567. The number of anilines is 1. The van der Waals surface area contributed by atoms with Crippen LogP contribution in [0.1, 0.15) is 40.9 Å². The topological polar surface area (TPSA) is 61.9 Å². The van der Waals surface area contributed by atoms with Crippen LogP contribution in [0.5, 0.6) is 5.75 Å². The number of carbonyl (C=O) groups excluding carboxylic acids is 2. The van der Waals surface area contributed by atoms with E-state index in [1.165, 1.54) is 0 Å². The van der Waals surface area contributed by atoms with Gasteiger partial charge in [0.2, 0.25) is 0 Å². The molecule has 0 aromatic heterocycles. The smallest absolute Gasteiger partial charge is 0.325 e. The first-order valence-electron chi connectivity index (χ1n) is 10.8. The second kappa shape index (κ2) is 8.12. The molecule has 6 nitrogen and oxygen atoms in total. The zero-order valence-electron chi connectivity index (χ0n) is 18.4. The fraction of sp³-hybridized carbons (Fsp3) is 0.231. The van der Waals surface area contributed by atoms with Crippen LogP contribution in [0, 0.1) is 0 Å². The van der Waals surface area contributed by atoms with Gasteiger partial charge in [0.25, 0.3) is 5.91 Å². The van der Waals surface area contributed by atoms with E-state index in [9.17, 15) is 9.59 Å². The monoisotopic (exact) mass is 461 g/mol. The molecule has 2 bridgehead atoms. The minimum Gasteiger partial charge on any atom is -0.467 e. The number of nitrogens with zero attached hydrogens (tertiary/aromatic N) is 2. The van der Waals surface area contributed by atoms with Crippen LogP contribution in [0.25, 0.3) is 0 Å². The summed E-state index contributed by atoms with van der Waals surface area (Å²) in [5.74, 6) is 0.573. The standard InChI is InChI=1S/C26H24ClN3O3/c1-26-15-22(21-14-19(27)11-12-23(21)33-26)28-25(32)30(26)20-10-6-9-18(13-20)24(31)29(2)16-17-7-4-3-5-8-17/h3-14,22H,15-16H2,1-2H3,(H,28,32). The molecule has 3 amide bonds. The molecule has 1 saturated heterocycles. The van der Waals surface area contributed by atoms with Crippen molar-refractivity contribution in [3.05, 3.63) is 94.5 Å². The van der Waals surface area contributed by atoms with Crippen molar-refractivity contribution in [2.24, 2.45) is 0 Å². The van der Waals surface area contributed by atoms with Gasteiger partial charge >= 0.3 is 6.03 Å². The van der Waals surface area contributed by atoms with Crippen LogP contribution in [-0.4, -0.2) is 29.6 Å². The molecule has 0 radical (unpaired) electrons. The van der Waals surface area contributed by atoms with E-state index in [1.54, 1.807) is 41.1 Å². The number of rotatable bonds is 4. The molecule has 1 N–H and O–H groups in total. The summed E-state index contributed by atoms with van der Waals surface area (Å²) < 4.78 is 6.32. The van der Waals surface area contributed by atoms with Crippen molar-refractivity contribution in [2.75, 3.05) is 11.9 Å². The highest BCUT2D eigenvalue weighted by Crippen LogP contribution is 2.46. The lowest BCUT2D eigenvalue weighted by Gasteiger charge is -2.50. The van der Waals surface area contributed by atoms with E-state index in [0.717, 1.165) is 11.1 Å². The summed E-state index contributed by atoms with van der Waals surface area (Å²) in [6.07, 6.45) is 0.554. The summed E-state index contributed by atoms with van der Waals surface area (Å²) in [6.45, 7) is 2.39. The number of fused-ring (bicyclic) bond motifs is 4. The summed E-state index contributed by atoms with van der Waals surface area (Å²) in [5, 5.41) is 3.66. The Balaban J connectivity index is 1.43. The number of nitrogens with one attached hydrogen (secondary N) is 1. The first-order valence-corrected chi connectivity index (χ1v) is 11.2. The van der Waals surface area contributed by atoms with E-state index in [-0.39, 0.29) is 18.0 Å². The molecule has 2 heterocycles. The summed E-state index contributed by atoms with van der Waals surface area (Å²) in [5.41, 5.74) is 2.13. The van der Waals surface area contributed by atoms with E-state index in [2.05, 4.69) is 5.32 Å². The Bertz CT molecular complexity index is 1230. The molecule has 2 aliphatic heterocycles. The highest BCUT2D eigenvalue weighted by atomic mass is 35.5. The van der Waals surface area contributed by atoms with Crippen molar-refractivity contribution in [3.63, 3.8) is 0 Å². The maximum absolute atomic E-state index is 13.2.